The average Bonchev–Trinajstić information content (AvgIpc) is 2.32. The number of hydrogen-bond donors (Lipinski definition) is 0. The van der Waals surface area contributed by atoms with Gasteiger partial charge in [-0.1, -0.05) is 29.8 Å². The van der Waals surface area contributed by atoms with Crippen LogP contribution in [0.4, 0.5) is 5.69 Å². The third-order valence-electron chi connectivity index (χ3n) is 2.93. The lowest BCUT2D eigenvalue weighted by atomic mass is 10.1. The smallest absolute Gasteiger partial charge is 0.314 e. The summed E-state index contributed by atoms with van der Waals surface area (Å²) in [6.45, 7) is 5.61. The molecule has 2 rings (SSSR count). The van der Waals surface area contributed by atoms with E-state index in [0.29, 0.717) is 11.3 Å². The number of nitro benzene ring substituents is 1. The van der Waals surface area contributed by atoms with Crippen LogP contribution in [0.15, 0.2) is 36.4 Å². The van der Waals surface area contributed by atoms with Gasteiger partial charge in [0, 0.05) is 5.56 Å². The van der Waals surface area contributed by atoms with Gasteiger partial charge < -0.3 is 4.74 Å². The van der Waals surface area contributed by atoms with Crippen LogP contribution in [-0.4, -0.2) is 4.92 Å². The summed E-state index contributed by atoms with van der Waals surface area (Å²) < 4.78 is 5.70. The summed E-state index contributed by atoms with van der Waals surface area (Å²) >= 11 is 0. The van der Waals surface area contributed by atoms with Gasteiger partial charge in [-0.25, -0.2) is 0 Å². The molecule has 0 unspecified atom stereocenters. The molecule has 19 heavy (non-hydrogen) atoms. The number of nitro groups is 1. The minimum atomic E-state index is -0.409. The summed E-state index contributed by atoms with van der Waals surface area (Å²) in [6, 6.07) is 10.8. The third-order valence-corrected chi connectivity index (χ3v) is 2.93. The van der Waals surface area contributed by atoms with Gasteiger partial charge >= 0.3 is 5.69 Å². The quantitative estimate of drug-likeness (QED) is 0.608. The molecule has 0 aliphatic heterocycles. The lowest BCUT2D eigenvalue weighted by Gasteiger charge is -2.10. The van der Waals surface area contributed by atoms with Crippen molar-refractivity contribution in [1.29, 1.82) is 0 Å². The summed E-state index contributed by atoms with van der Waals surface area (Å²) in [5.41, 5.74) is 2.69. The van der Waals surface area contributed by atoms with Gasteiger partial charge in [-0.05, 0) is 38.5 Å². The second kappa shape index (κ2) is 5.10. The highest BCUT2D eigenvalue weighted by molar-refractivity contribution is 5.54. The van der Waals surface area contributed by atoms with E-state index in [-0.39, 0.29) is 11.4 Å². The van der Waals surface area contributed by atoms with E-state index in [1.54, 1.807) is 25.1 Å². The summed E-state index contributed by atoms with van der Waals surface area (Å²) in [7, 11) is 0. The van der Waals surface area contributed by atoms with Crippen molar-refractivity contribution in [2.45, 2.75) is 20.8 Å². The van der Waals surface area contributed by atoms with Crippen LogP contribution < -0.4 is 4.74 Å². The van der Waals surface area contributed by atoms with Crippen molar-refractivity contribution in [3.63, 3.8) is 0 Å². The molecule has 0 aromatic heterocycles. The largest absolute Gasteiger partial charge is 0.450 e. The molecule has 4 nitrogen and oxygen atoms in total. The van der Waals surface area contributed by atoms with Crippen molar-refractivity contribution < 1.29 is 9.66 Å². The Labute approximate surface area is 111 Å². The first-order valence-electron chi connectivity index (χ1n) is 5.98. The molecule has 2 aromatic rings. The zero-order valence-corrected chi connectivity index (χ0v) is 11.1. The van der Waals surface area contributed by atoms with Crippen molar-refractivity contribution in [2.75, 3.05) is 0 Å². The molecule has 0 atom stereocenters. The van der Waals surface area contributed by atoms with Crippen molar-refractivity contribution in [2.24, 2.45) is 0 Å². The predicted molar refractivity (Wildman–Crippen MR) is 73.8 cm³/mol. The molecule has 0 amide bonds. The number of rotatable bonds is 3. The maximum atomic E-state index is 11.1. The molecule has 2 aromatic carbocycles. The van der Waals surface area contributed by atoms with Gasteiger partial charge in [0.15, 0.2) is 0 Å². The molecule has 4 heteroatoms. The molecular formula is C15H15NO3. The number of benzene rings is 2. The van der Waals surface area contributed by atoms with Crippen LogP contribution >= 0.6 is 0 Å². The molecule has 0 radical (unpaired) electrons. The van der Waals surface area contributed by atoms with E-state index in [2.05, 4.69) is 0 Å². The van der Waals surface area contributed by atoms with Crippen LogP contribution in [0.5, 0.6) is 11.5 Å². The van der Waals surface area contributed by atoms with Crippen molar-refractivity contribution in [3.8, 4) is 11.5 Å². The molecule has 0 bridgehead atoms. The second-order valence-corrected chi connectivity index (χ2v) is 4.55. The van der Waals surface area contributed by atoms with Gasteiger partial charge in [0.2, 0.25) is 5.75 Å². The molecule has 0 fully saturated rings. The molecular weight excluding hydrogens is 242 g/mol. The van der Waals surface area contributed by atoms with E-state index in [0.717, 1.165) is 11.1 Å². The Bertz CT molecular complexity index is 635. The topological polar surface area (TPSA) is 52.4 Å². The summed E-state index contributed by atoms with van der Waals surface area (Å²) in [5.74, 6) is 0.913. The van der Waals surface area contributed by atoms with Gasteiger partial charge in [-0.15, -0.1) is 0 Å². The minimum Gasteiger partial charge on any atom is -0.450 e. The lowest BCUT2D eigenvalue weighted by molar-refractivity contribution is -0.386. The highest BCUT2D eigenvalue weighted by atomic mass is 16.6. The lowest BCUT2D eigenvalue weighted by Crippen LogP contribution is -1.97. The maximum absolute atomic E-state index is 11.1. The molecule has 0 saturated heterocycles. The summed E-state index contributed by atoms with van der Waals surface area (Å²) in [5, 5.41) is 11.1. The Morgan fingerprint density at radius 3 is 2.37 bits per heavy atom. The summed E-state index contributed by atoms with van der Waals surface area (Å²) in [4.78, 5) is 10.7. The number of ether oxygens (including phenoxy) is 1. The summed E-state index contributed by atoms with van der Waals surface area (Å²) in [6.07, 6.45) is 0. The Balaban J connectivity index is 2.44. The van der Waals surface area contributed by atoms with E-state index >= 15 is 0 Å². The van der Waals surface area contributed by atoms with Gasteiger partial charge in [-0.2, -0.15) is 0 Å². The van der Waals surface area contributed by atoms with E-state index in [9.17, 15) is 10.1 Å². The molecule has 0 saturated carbocycles. The Hall–Kier alpha value is -2.36. The van der Waals surface area contributed by atoms with Gasteiger partial charge in [0.05, 0.1) is 4.92 Å². The first-order chi connectivity index (χ1) is 8.99. The van der Waals surface area contributed by atoms with E-state index in [4.69, 9.17) is 4.74 Å². The van der Waals surface area contributed by atoms with Crippen LogP contribution in [0.25, 0.3) is 0 Å². The standard InChI is InChI=1S/C15H15NO3/c1-10-7-8-13(12(3)9-10)19-14-6-4-5-11(2)15(14)16(17)18/h4-9H,1-3H3. The molecule has 0 aliphatic carbocycles. The Morgan fingerprint density at radius 2 is 1.74 bits per heavy atom. The average molecular weight is 257 g/mol. The van der Waals surface area contributed by atoms with Crippen LogP contribution in [0, 0.1) is 30.9 Å². The first-order valence-corrected chi connectivity index (χ1v) is 5.98. The number of para-hydroxylation sites is 1. The number of nitrogens with zero attached hydrogens (tertiary/aromatic N) is 1. The van der Waals surface area contributed by atoms with Crippen molar-refractivity contribution >= 4 is 5.69 Å². The Kier molecular flexibility index (Phi) is 3.51. The molecule has 0 heterocycles. The number of hydrogen-bond acceptors (Lipinski definition) is 3. The van der Waals surface area contributed by atoms with E-state index in [1.807, 2.05) is 32.0 Å². The maximum Gasteiger partial charge on any atom is 0.314 e. The number of aryl methyl sites for hydroxylation is 3. The minimum absolute atomic E-state index is 0.0162. The van der Waals surface area contributed by atoms with E-state index in [1.165, 1.54) is 0 Å². The zero-order valence-electron chi connectivity index (χ0n) is 11.1. The van der Waals surface area contributed by atoms with Crippen LogP contribution in [0.1, 0.15) is 16.7 Å². The third kappa shape index (κ3) is 2.73. The van der Waals surface area contributed by atoms with Crippen LogP contribution in [-0.2, 0) is 0 Å². The van der Waals surface area contributed by atoms with E-state index < -0.39 is 4.92 Å². The molecule has 0 N–H and O–H groups in total. The normalized spacial score (nSPS) is 10.3. The van der Waals surface area contributed by atoms with Gasteiger partial charge in [0.25, 0.3) is 0 Å². The SMILES string of the molecule is Cc1ccc(Oc2cccc(C)c2[N+](=O)[O-])c(C)c1. The fourth-order valence-corrected chi connectivity index (χ4v) is 1.98. The molecule has 0 aliphatic rings. The molecule has 98 valence electrons. The van der Waals surface area contributed by atoms with Crippen molar-refractivity contribution in [3.05, 3.63) is 63.2 Å². The monoisotopic (exact) mass is 257 g/mol. The van der Waals surface area contributed by atoms with Crippen molar-refractivity contribution in [1.82, 2.24) is 0 Å². The highest BCUT2D eigenvalue weighted by Gasteiger charge is 2.19. The fraction of sp³-hybridized carbons (Fsp3) is 0.200. The highest BCUT2D eigenvalue weighted by Crippen LogP contribution is 2.35. The fourth-order valence-electron chi connectivity index (χ4n) is 1.98. The second-order valence-electron chi connectivity index (χ2n) is 4.55. The van der Waals surface area contributed by atoms with Gasteiger partial charge in [-0.3, -0.25) is 10.1 Å². The zero-order chi connectivity index (χ0) is 14.0. The molecule has 0 spiro atoms. The predicted octanol–water partition coefficient (Wildman–Crippen LogP) is 4.31. The van der Waals surface area contributed by atoms with Gasteiger partial charge in [0.1, 0.15) is 5.75 Å². The first kappa shape index (κ1) is 13.1. The van der Waals surface area contributed by atoms with Crippen LogP contribution in [0.3, 0.4) is 0 Å². The van der Waals surface area contributed by atoms with Crippen LogP contribution in [0.2, 0.25) is 0 Å². The Morgan fingerprint density at radius 1 is 1.00 bits per heavy atom.